The second-order valence-electron chi connectivity index (χ2n) is 5.43. The van der Waals surface area contributed by atoms with Crippen molar-refractivity contribution in [1.29, 1.82) is 0 Å². The van der Waals surface area contributed by atoms with Crippen LogP contribution in [0.15, 0.2) is 22.8 Å². The zero-order chi connectivity index (χ0) is 15.9. The van der Waals surface area contributed by atoms with E-state index in [2.05, 4.69) is 10.6 Å². The molecule has 21 heavy (non-hydrogen) atoms. The van der Waals surface area contributed by atoms with Crippen molar-refractivity contribution in [3.63, 3.8) is 0 Å². The van der Waals surface area contributed by atoms with Crippen molar-refractivity contribution in [2.24, 2.45) is 5.92 Å². The molecular formula is C15H24N2O4. The molecule has 0 fully saturated rings. The van der Waals surface area contributed by atoms with Gasteiger partial charge in [0.2, 0.25) is 5.91 Å². The Morgan fingerprint density at radius 2 is 2.14 bits per heavy atom. The van der Waals surface area contributed by atoms with Crippen molar-refractivity contribution in [3.8, 4) is 0 Å². The number of carbonyl (C=O) groups is 2. The van der Waals surface area contributed by atoms with Gasteiger partial charge in [-0.3, -0.25) is 9.59 Å². The number of carbonyl (C=O) groups excluding carboxylic acids is 2. The number of hydrogen-bond acceptors (Lipinski definition) is 4. The predicted molar refractivity (Wildman–Crippen MR) is 78.7 cm³/mol. The molecule has 2 unspecified atom stereocenters. The van der Waals surface area contributed by atoms with Gasteiger partial charge in [-0.2, -0.15) is 0 Å². The summed E-state index contributed by atoms with van der Waals surface area (Å²) in [4.78, 5) is 23.2. The average Bonchev–Trinajstić information content (AvgIpc) is 2.98. The molecule has 6 heteroatoms. The number of nitrogens with one attached hydrogen (secondary N) is 2. The number of amides is 2. The Kier molecular flexibility index (Phi) is 6.42. The molecule has 2 atom stereocenters. The van der Waals surface area contributed by atoms with E-state index >= 15 is 0 Å². The van der Waals surface area contributed by atoms with Crippen molar-refractivity contribution in [1.82, 2.24) is 10.6 Å². The van der Waals surface area contributed by atoms with Crippen LogP contribution in [0.5, 0.6) is 0 Å². The van der Waals surface area contributed by atoms with E-state index < -0.39 is 5.60 Å². The van der Waals surface area contributed by atoms with E-state index in [0.717, 1.165) is 6.42 Å². The zero-order valence-corrected chi connectivity index (χ0v) is 12.8. The molecule has 0 saturated carbocycles. The van der Waals surface area contributed by atoms with Crippen LogP contribution < -0.4 is 10.6 Å². The van der Waals surface area contributed by atoms with E-state index in [1.807, 2.05) is 13.8 Å². The third kappa shape index (κ3) is 5.59. The van der Waals surface area contributed by atoms with Crippen LogP contribution in [0.3, 0.4) is 0 Å². The summed E-state index contributed by atoms with van der Waals surface area (Å²) in [5.41, 5.74) is -0.929. The van der Waals surface area contributed by atoms with E-state index in [0.29, 0.717) is 0 Å². The Morgan fingerprint density at radius 1 is 1.43 bits per heavy atom. The smallest absolute Gasteiger partial charge is 0.286 e. The Hall–Kier alpha value is -1.82. The van der Waals surface area contributed by atoms with Crippen LogP contribution in [0.1, 0.15) is 44.2 Å². The first-order valence-corrected chi connectivity index (χ1v) is 7.17. The second-order valence-corrected chi connectivity index (χ2v) is 5.43. The largest absolute Gasteiger partial charge is 0.459 e. The quantitative estimate of drug-likeness (QED) is 0.674. The Bertz CT molecular complexity index is 454. The van der Waals surface area contributed by atoms with Crippen molar-refractivity contribution < 1.29 is 19.1 Å². The topological polar surface area (TPSA) is 91.6 Å². The lowest BCUT2D eigenvalue weighted by atomic mass is 9.88. The normalized spacial score (nSPS) is 15.0. The lowest BCUT2D eigenvalue weighted by molar-refractivity contribution is -0.122. The molecule has 0 spiro atoms. The summed E-state index contributed by atoms with van der Waals surface area (Å²) in [6.07, 6.45) is 2.41. The van der Waals surface area contributed by atoms with Gasteiger partial charge >= 0.3 is 0 Å². The van der Waals surface area contributed by atoms with Gasteiger partial charge in [0.05, 0.1) is 11.9 Å². The maximum atomic E-state index is 11.7. The third-order valence-electron chi connectivity index (χ3n) is 3.70. The van der Waals surface area contributed by atoms with Gasteiger partial charge in [-0.15, -0.1) is 0 Å². The molecule has 0 saturated heterocycles. The number of hydrogen-bond donors (Lipinski definition) is 3. The molecule has 6 nitrogen and oxygen atoms in total. The van der Waals surface area contributed by atoms with Crippen LogP contribution in [-0.2, 0) is 4.79 Å². The average molecular weight is 296 g/mol. The summed E-state index contributed by atoms with van der Waals surface area (Å²) < 4.78 is 4.94. The number of aliphatic hydroxyl groups is 1. The lowest BCUT2D eigenvalue weighted by Gasteiger charge is -2.29. The Labute approximate surface area is 124 Å². The van der Waals surface area contributed by atoms with Gasteiger partial charge in [0.1, 0.15) is 0 Å². The molecule has 0 bridgehead atoms. The highest BCUT2D eigenvalue weighted by molar-refractivity contribution is 5.91. The van der Waals surface area contributed by atoms with E-state index in [9.17, 15) is 14.7 Å². The molecule has 0 aliphatic carbocycles. The van der Waals surface area contributed by atoms with Gasteiger partial charge in [-0.25, -0.2) is 0 Å². The van der Waals surface area contributed by atoms with Crippen molar-refractivity contribution in [3.05, 3.63) is 24.2 Å². The summed E-state index contributed by atoms with van der Waals surface area (Å²) in [6, 6.07) is 3.18. The molecule has 3 N–H and O–H groups in total. The highest BCUT2D eigenvalue weighted by atomic mass is 16.3. The zero-order valence-electron chi connectivity index (χ0n) is 12.8. The fourth-order valence-electron chi connectivity index (χ4n) is 1.76. The number of furan rings is 1. The fourth-order valence-corrected chi connectivity index (χ4v) is 1.76. The molecule has 0 radical (unpaired) electrons. The van der Waals surface area contributed by atoms with Gasteiger partial charge in [0.15, 0.2) is 5.76 Å². The monoisotopic (exact) mass is 296 g/mol. The van der Waals surface area contributed by atoms with Crippen LogP contribution in [0, 0.1) is 5.92 Å². The molecule has 118 valence electrons. The first-order valence-electron chi connectivity index (χ1n) is 7.17. The maximum absolute atomic E-state index is 11.7. The van der Waals surface area contributed by atoms with Crippen LogP contribution in [0.2, 0.25) is 0 Å². The van der Waals surface area contributed by atoms with E-state index in [1.165, 1.54) is 6.26 Å². The van der Waals surface area contributed by atoms with Crippen molar-refractivity contribution in [2.45, 2.75) is 39.2 Å². The van der Waals surface area contributed by atoms with Gasteiger partial charge < -0.3 is 20.2 Å². The number of rotatable bonds is 8. The fraction of sp³-hybridized carbons (Fsp3) is 0.600. The molecule has 1 rings (SSSR count). The van der Waals surface area contributed by atoms with Gasteiger partial charge in [0, 0.05) is 19.5 Å². The summed E-state index contributed by atoms with van der Waals surface area (Å²) in [7, 11) is 0. The lowest BCUT2D eigenvalue weighted by Crippen LogP contribution is -2.45. The van der Waals surface area contributed by atoms with Gasteiger partial charge in [-0.1, -0.05) is 20.3 Å². The summed E-state index contributed by atoms with van der Waals surface area (Å²) in [5, 5.41) is 15.4. The van der Waals surface area contributed by atoms with E-state index in [1.54, 1.807) is 19.1 Å². The predicted octanol–water partition coefficient (Wildman–Crippen LogP) is 1.31. The molecule has 2 amide bonds. The summed E-state index contributed by atoms with van der Waals surface area (Å²) >= 11 is 0. The third-order valence-corrected chi connectivity index (χ3v) is 3.70. The van der Waals surface area contributed by atoms with Crippen LogP contribution in [0.4, 0.5) is 0 Å². The molecular weight excluding hydrogens is 272 g/mol. The SMILES string of the molecule is CCC(C)C(C)(O)CNC(=O)CCNC(=O)c1ccco1. The summed E-state index contributed by atoms with van der Waals surface area (Å²) in [6.45, 7) is 6.06. The minimum atomic E-state index is -0.929. The highest BCUT2D eigenvalue weighted by Gasteiger charge is 2.27. The van der Waals surface area contributed by atoms with Gasteiger partial charge in [0.25, 0.3) is 5.91 Å². The minimum absolute atomic E-state index is 0.0939. The minimum Gasteiger partial charge on any atom is -0.459 e. The second kappa shape index (κ2) is 7.83. The van der Waals surface area contributed by atoms with Gasteiger partial charge in [-0.05, 0) is 25.0 Å². The molecule has 0 aliphatic heterocycles. The van der Waals surface area contributed by atoms with E-state index in [-0.39, 0.29) is 43.0 Å². The van der Waals surface area contributed by atoms with Crippen molar-refractivity contribution >= 4 is 11.8 Å². The highest BCUT2D eigenvalue weighted by Crippen LogP contribution is 2.18. The van der Waals surface area contributed by atoms with Crippen LogP contribution in [0.25, 0.3) is 0 Å². The van der Waals surface area contributed by atoms with Crippen LogP contribution >= 0.6 is 0 Å². The molecule has 1 aromatic heterocycles. The first-order chi connectivity index (χ1) is 9.86. The Morgan fingerprint density at radius 3 is 2.71 bits per heavy atom. The standard InChI is InChI=1S/C15H24N2O4/c1-4-11(2)15(3,20)10-17-13(18)7-8-16-14(19)12-6-5-9-21-12/h5-6,9,11,20H,4,7-8,10H2,1-3H3,(H,16,19)(H,17,18). The van der Waals surface area contributed by atoms with Crippen molar-refractivity contribution in [2.75, 3.05) is 13.1 Å². The molecule has 0 aromatic carbocycles. The van der Waals surface area contributed by atoms with Crippen LogP contribution in [-0.4, -0.2) is 35.6 Å². The van der Waals surface area contributed by atoms with E-state index in [4.69, 9.17) is 4.42 Å². The maximum Gasteiger partial charge on any atom is 0.286 e. The molecule has 1 heterocycles. The molecule has 0 aliphatic rings. The summed E-state index contributed by atoms with van der Waals surface area (Å²) in [5.74, 6) is -0.246. The first kappa shape index (κ1) is 17.2. The Balaban J connectivity index is 2.24. The molecule has 1 aromatic rings.